The normalized spacial score (nSPS) is 22.1. The second kappa shape index (κ2) is 18.0. The molecule has 1 aromatic carbocycles. The lowest BCUT2D eigenvalue weighted by Crippen LogP contribution is -2.56. The zero-order chi connectivity index (χ0) is 38.3. The molecule has 0 spiro atoms. The van der Waals surface area contributed by atoms with Gasteiger partial charge in [-0.1, -0.05) is 87.4 Å². The van der Waals surface area contributed by atoms with Gasteiger partial charge in [0, 0.05) is 31.0 Å². The molecule has 1 aromatic rings. The van der Waals surface area contributed by atoms with Crippen LogP contribution in [0.3, 0.4) is 0 Å². The van der Waals surface area contributed by atoms with Gasteiger partial charge in [0.1, 0.15) is 11.4 Å². The van der Waals surface area contributed by atoms with Crippen LogP contribution in [-0.2, 0) is 29.4 Å². The Hall–Kier alpha value is -0.829. The van der Waals surface area contributed by atoms with E-state index in [0.29, 0.717) is 26.4 Å². The van der Waals surface area contributed by atoms with Gasteiger partial charge in [-0.15, -0.1) is 6.58 Å². The van der Waals surface area contributed by atoms with Crippen LogP contribution in [0.1, 0.15) is 81.7 Å². The van der Waals surface area contributed by atoms with Crippen molar-refractivity contribution in [3.8, 4) is 5.75 Å². The average Bonchev–Trinajstić information content (AvgIpc) is 3.74. The van der Waals surface area contributed by atoms with Crippen molar-refractivity contribution in [1.29, 1.82) is 0 Å². The molecule has 290 valence electrons. The van der Waals surface area contributed by atoms with Gasteiger partial charge >= 0.3 is 0 Å². The molecule has 0 unspecified atom stereocenters. The number of epoxide rings is 1. The van der Waals surface area contributed by atoms with Crippen LogP contribution in [0.4, 0.5) is 0 Å². The summed E-state index contributed by atoms with van der Waals surface area (Å²) in [6, 6.07) is 11.0. The molecule has 1 fully saturated rings. The SMILES string of the molecule is C=C[C@@H](CO[Si](C)(C)C(C)(C)C)[C@@H](O)[C@H](CO[Si](C)(C)C(C)(C)C)[C@H](O[Si](CC)(CC)CC)[C@@]1(C)O[C@@H]1[C@@H](C)COCc1ccc(OC)cc1. The van der Waals surface area contributed by atoms with Crippen molar-refractivity contribution < 1.29 is 32.6 Å². The highest BCUT2D eigenvalue weighted by Gasteiger charge is 2.64. The molecule has 1 heterocycles. The number of ether oxygens (including phenoxy) is 3. The summed E-state index contributed by atoms with van der Waals surface area (Å²) in [5.41, 5.74) is 0.499. The summed E-state index contributed by atoms with van der Waals surface area (Å²) in [5.74, 6) is 0.339. The van der Waals surface area contributed by atoms with E-state index in [9.17, 15) is 5.11 Å². The van der Waals surface area contributed by atoms with E-state index < -0.39 is 36.7 Å². The van der Waals surface area contributed by atoms with Crippen LogP contribution in [0.15, 0.2) is 36.9 Å². The minimum absolute atomic E-state index is 0.0230. The van der Waals surface area contributed by atoms with Crippen molar-refractivity contribution in [2.24, 2.45) is 17.8 Å². The minimum atomic E-state index is -2.17. The van der Waals surface area contributed by atoms with Crippen LogP contribution in [0, 0.1) is 17.8 Å². The first-order chi connectivity index (χ1) is 23.0. The maximum Gasteiger partial charge on any atom is 0.192 e. The lowest BCUT2D eigenvalue weighted by molar-refractivity contribution is -0.0583. The van der Waals surface area contributed by atoms with Crippen LogP contribution in [0.25, 0.3) is 0 Å². The van der Waals surface area contributed by atoms with Crippen molar-refractivity contribution in [3.05, 3.63) is 42.5 Å². The Morgan fingerprint density at radius 2 is 1.38 bits per heavy atom. The van der Waals surface area contributed by atoms with Gasteiger partial charge in [0.2, 0.25) is 0 Å². The molecule has 7 nitrogen and oxygen atoms in total. The summed E-state index contributed by atoms with van der Waals surface area (Å²) in [5, 5.41) is 12.6. The quantitative estimate of drug-likeness (QED) is 0.0718. The van der Waals surface area contributed by atoms with E-state index in [0.717, 1.165) is 29.4 Å². The van der Waals surface area contributed by atoms with Gasteiger partial charge in [-0.3, -0.25) is 0 Å². The number of hydrogen-bond donors (Lipinski definition) is 1. The fourth-order valence-electron chi connectivity index (χ4n) is 6.25. The predicted molar refractivity (Wildman–Crippen MR) is 217 cm³/mol. The smallest absolute Gasteiger partial charge is 0.192 e. The zero-order valence-electron chi connectivity index (χ0n) is 34.9. The summed E-state index contributed by atoms with van der Waals surface area (Å²) in [7, 11) is -4.72. The van der Waals surface area contributed by atoms with Crippen molar-refractivity contribution >= 4 is 25.0 Å². The summed E-state index contributed by atoms with van der Waals surface area (Å²) < 4.78 is 39.4. The van der Waals surface area contributed by atoms with E-state index in [4.69, 9.17) is 27.5 Å². The monoisotopic (exact) mass is 752 g/mol. The first-order valence-corrected chi connectivity index (χ1v) is 27.5. The largest absolute Gasteiger partial charge is 0.497 e. The Labute approximate surface area is 310 Å². The van der Waals surface area contributed by atoms with Crippen LogP contribution in [0.2, 0.25) is 54.4 Å². The average molecular weight is 753 g/mol. The topological polar surface area (TPSA) is 78.9 Å². The Bertz CT molecular complexity index is 1160. The Balaban J connectivity index is 2.49. The fourth-order valence-corrected chi connectivity index (χ4v) is 11.3. The highest BCUT2D eigenvalue weighted by Crippen LogP contribution is 2.50. The maximum atomic E-state index is 12.5. The van der Waals surface area contributed by atoms with Crippen molar-refractivity contribution in [1.82, 2.24) is 0 Å². The highest BCUT2D eigenvalue weighted by molar-refractivity contribution is 6.74. The van der Waals surface area contributed by atoms with E-state index in [2.05, 4.69) is 109 Å². The summed E-state index contributed by atoms with van der Waals surface area (Å²) >= 11 is 0. The maximum absolute atomic E-state index is 12.5. The molecule has 50 heavy (non-hydrogen) atoms. The molecular formula is C40H76O7Si3. The Kier molecular flexibility index (Phi) is 16.3. The second-order valence-corrected chi connectivity index (χ2v) is 32.4. The van der Waals surface area contributed by atoms with E-state index >= 15 is 0 Å². The number of hydrogen-bond acceptors (Lipinski definition) is 7. The van der Waals surface area contributed by atoms with Gasteiger partial charge < -0.3 is 32.6 Å². The molecule has 1 aliphatic heterocycles. The molecule has 1 N–H and O–H groups in total. The van der Waals surface area contributed by atoms with Gasteiger partial charge in [-0.2, -0.15) is 0 Å². The van der Waals surface area contributed by atoms with Crippen molar-refractivity contribution in [3.63, 3.8) is 0 Å². The summed E-state index contributed by atoms with van der Waals surface area (Å²) in [4.78, 5) is 0. The third-order valence-electron chi connectivity index (χ3n) is 12.5. The number of benzene rings is 1. The minimum Gasteiger partial charge on any atom is -0.497 e. The number of rotatable bonds is 22. The van der Waals surface area contributed by atoms with Crippen LogP contribution in [0.5, 0.6) is 5.75 Å². The third kappa shape index (κ3) is 11.3. The standard InChI is InChI=1S/C40H76O7Si3/c1-18-32(28-44-48(14,15)38(6,7)8)35(41)34(29-45-49(16,17)39(9,10)11)37(47-50(19-2,20-3)21-4)40(12)36(46-40)30(5)26-43-27-31-22-24-33(42-13)25-23-31/h18,22-25,30,32,34-37,41H,1,19-21,26-29H2,2-17H3/t30-,32-,34-,35+,36+,37-,40-/m0/s1. The highest BCUT2D eigenvalue weighted by atomic mass is 28.4. The molecule has 7 atom stereocenters. The van der Waals surface area contributed by atoms with Gasteiger partial charge in [0.05, 0.1) is 38.6 Å². The van der Waals surface area contributed by atoms with Crippen LogP contribution < -0.4 is 4.74 Å². The molecule has 1 aliphatic rings. The molecule has 0 amide bonds. The molecular weight excluding hydrogens is 677 g/mol. The molecule has 10 heteroatoms. The van der Waals surface area contributed by atoms with Crippen molar-refractivity contribution in [2.45, 2.75) is 161 Å². The van der Waals surface area contributed by atoms with Gasteiger partial charge in [-0.25, -0.2) is 0 Å². The molecule has 0 aromatic heterocycles. The first kappa shape index (κ1) is 45.3. The van der Waals surface area contributed by atoms with Crippen LogP contribution in [-0.4, -0.2) is 80.9 Å². The zero-order valence-corrected chi connectivity index (χ0v) is 37.9. The third-order valence-corrected chi connectivity index (χ3v) is 26.2. The van der Waals surface area contributed by atoms with E-state index in [1.807, 2.05) is 30.3 Å². The predicted octanol–water partition coefficient (Wildman–Crippen LogP) is 10.2. The molecule has 0 bridgehead atoms. The number of aliphatic hydroxyl groups is 1. The number of aliphatic hydroxyl groups excluding tert-OH is 1. The molecule has 1 saturated heterocycles. The lowest BCUT2D eigenvalue weighted by atomic mass is 9.80. The van der Waals surface area contributed by atoms with E-state index in [1.165, 1.54) is 0 Å². The Morgan fingerprint density at radius 3 is 1.82 bits per heavy atom. The van der Waals surface area contributed by atoms with Crippen molar-refractivity contribution in [2.75, 3.05) is 26.9 Å². The van der Waals surface area contributed by atoms with Gasteiger partial charge in [0.25, 0.3) is 0 Å². The Morgan fingerprint density at radius 1 is 0.880 bits per heavy atom. The van der Waals surface area contributed by atoms with Gasteiger partial charge in [-0.05, 0) is 79.0 Å². The molecule has 0 saturated carbocycles. The van der Waals surface area contributed by atoms with Crippen LogP contribution >= 0.6 is 0 Å². The molecule has 2 rings (SSSR count). The lowest BCUT2D eigenvalue weighted by Gasteiger charge is -2.45. The van der Waals surface area contributed by atoms with Gasteiger partial charge in [0.15, 0.2) is 25.0 Å². The first-order valence-electron chi connectivity index (χ1n) is 19.1. The molecule has 0 radical (unpaired) electrons. The van der Waals surface area contributed by atoms with E-state index in [-0.39, 0.29) is 40.0 Å². The second-order valence-electron chi connectivity index (χ2n) is 18.0. The number of methoxy groups -OCH3 is 1. The summed E-state index contributed by atoms with van der Waals surface area (Å²) in [6.07, 6.45) is 0.654. The molecule has 0 aliphatic carbocycles. The fraction of sp³-hybridized carbons (Fsp3) is 0.800. The summed E-state index contributed by atoms with van der Waals surface area (Å²) in [6.45, 7) is 39.8. The van der Waals surface area contributed by atoms with E-state index in [1.54, 1.807) is 7.11 Å².